The predicted molar refractivity (Wildman–Crippen MR) is 57.4 cm³/mol. The largest absolute Gasteiger partial charge is 0.476 e. The molecule has 0 saturated carbocycles. The Labute approximate surface area is 88.6 Å². The first kappa shape index (κ1) is 9.96. The van der Waals surface area contributed by atoms with Crippen LogP contribution in [0.5, 0.6) is 0 Å². The highest BCUT2D eigenvalue weighted by Crippen LogP contribution is 2.23. The monoisotopic (exact) mass is 206 g/mol. The fourth-order valence-electron chi connectivity index (χ4n) is 1.92. The van der Waals surface area contributed by atoms with E-state index in [9.17, 15) is 4.79 Å². The number of pyridine rings is 1. The van der Waals surface area contributed by atoms with Gasteiger partial charge in [0.15, 0.2) is 5.69 Å². The van der Waals surface area contributed by atoms with Crippen LogP contribution in [0.15, 0.2) is 12.1 Å². The molecule has 2 heterocycles. The topological polar surface area (TPSA) is 53.4 Å². The van der Waals surface area contributed by atoms with Crippen LogP contribution >= 0.6 is 0 Å². The first-order valence-corrected chi connectivity index (χ1v) is 5.14. The molecule has 1 N–H and O–H groups in total. The fourth-order valence-corrected chi connectivity index (χ4v) is 1.92. The average Bonchev–Trinajstić information content (AvgIpc) is 2.70. The van der Waals surface area contributed by atoms with Crippen LogP contribution in [-0.4, -0.2) is 29.1 Å². The van der Waals surface area contributed by atoms with E-state index in [1.54, 1.807) is 6.92 Å². The summed E-state index contributed by atoms with van der Waals surface area (Å²) in [4.78, 5) is 17.2. The zero-order chi connectivity index (χ0) is 10.8. The van der Waals surface area contributed by atoms with Gasteiger partial charge in [0.1, 0.15) is 0 Å². The summed E-state index contributed by atoms with van der Waals surface area (Å²) in [6, 6.07) is 3.72. The molecule has 1 aromatic heterocycles. The molecule has 0 aromatic carbocycles. The highest BCUT2D eigenvalue weighted by atomic mass is 16.4. The molecule has 80 valence electrons. The summed E-state index contributed by atoms with van der Waals surface area (Å²) in [5.41, 5.74) is 1.68. The van der Waals surface area contributed by atoms with Crippen LogP contribution in [0.25, 0.3) is 0 Å². The number of carbonyl (C=O) groups is 1. The van der Waals surface area contributed by atoms with Gasteiger partial charge in [-0.2, -0.15) is 0 Å². The van der Waals surface area contributed by atoms with Gasteiger partial charge in [-0.15, -0.1) is 0 Å². The lowest BCUT2D eigenvalue weighted by atomic mass is 10.2. The Bertz CT molecular complexity index is 384. The lowest BCUT2D eigenvalue weighted by Crippen LogP contribution is -2.21. The maximum absolute atomic E-state index is 11.0. The minimum Gasteiger partial charge on any atom is -0.476 e. The van der Waals surface area contributed by atoms with E-state index in [0.29, 0.717) is 0 Å². The lowest BCUT2D eigenvalue weighted by molar-refractivity contribution is 0.0691. The molecule has 4 nitrogen and oxygen atoms in total. The first-order chi connectivity index (χ1) is 7.18. The van der Waals surface area contributed by atoms with Gasteiger partial charge in [-0.25, -0.2) is 9.78 Å². The van der Waals surface area contributed by atoms with Gasteiger partial charge in [0.05, 0.1) is 5.69 Å². The number of nitrogens with zero attached hydrogens (tertiary/aromatic N) is 2. The summed E-state index contributed by atoms with van der Waals surface area (Å²) < 4.78 is 0. The van der Waals surface area contributed by atoms with Crippen molar-refractivity contribution in [3.8, 4) is 0 Å². The van der Waals surface area contributed by atoms with Crippen LogP contribution in [0.2, 0.25) is 0 Å². The van der Waals surface area contributed by atoms with E-state index in [1.165, 1.54) is 0 Å². The number of hydrogen-bond donors (Lipinski definition) is 1. The summed E-state index contributed by atoms with van der Waals surface area (Å²) >= 11 is 0. The third-order valence-electron chi connectivity index (χ3n) is 2.66. The third kappa shape index (κ3) is 1.93. The fraction of sp³-hybridized carbons (Fsp3) is 0.455. The van der Waals surface area contributed by atoms with Crippen LogP contribution in [0.1, 0.15) is 29.0 Å². The first-order valence-electron chi connectivity index (χ1n) is 5.14. The van der Waals surface area contributed by atoms with E-state index in [2.05, 4.69) is 9.88 Å². The van der Waals surface area contributed by atoms with Gasteiger partial charge >= 0.3 is 5.97 Å². The van der Waals surface area contributed by atoms with Crippen molar-refractivity contribution >= 4 is 11.7 Å². The highest BCUT2D eigenvalue weighted by Gasteiger charge is 2.20. The normalized spacial score (nSPS) is 15.7. The Morgan fingerprint density at radius 2 is 2.07 bits per heavy atom. The van der Waals surface area contributed by atoms with Gasteiger partial charge in [0, 0.05) is 18.8 Å². The van der Waals surface area contributed by atoms with Crippen LogP contribution in [0.3, 0.4) is 0 Å². The predicted octanol–water partition coefficient (Wildman–Crippen LogP) is 1.69. The summed E-state index contributed by atoms with van der Waals surface area (Å²) in [6.45, 7) is 3.68. The van der Waals surface area contributed by atoms with Crippen molar-refractivity contribution in [1.82, 2.24) is 4.98 Å². The summed E-state index contributed by atoms with van der Waals surface area (Å²) in [5.74, 6) is -0.944. The molecule has 0 unspecified atom stereocenters. The summed E-state index contributed by atoms with van der Waals surface area (Å²) in [7, 11) is 0. The summed E-state index contributed by atoms with van der Waals surface area (Å²) in [6.07, 6.45) is 2.26. The van der Waals surface area contributed by atoms with Crippen LogP contribution in [-0.2, 0) is 0 Å². The molecular formula is C11H14N2O2. The van der Waals surface area contributed by atoms with Crippen molar-refractivity contribution in [1.29, 1.82) is 0 Å². The van der Waals surface area contributed by atoms with Gasteiger partial charge in [-0.3, -0.25) is 0 Å². The number of carboxylic acids is 1. The molecule has 0 radical (unpaired) electrons. The van der Waals surface area contributed by atoms with Crippen LogP contribution < -0.4 is 4.90 Å². The molecule has 2 rings (SSSR count). The average molecular weight is 206 g/mol. The second kappa shape index (κ2) is 3.88. The standard InChI is InChI=1S/C11H14N2O2/c1-8-4-5-9(10(12-8)11(14)15)13-6-2-3-7-13/h4-5H,2-3,6-7H2,1H3,(H,14,15). The van der Waals surface area contributed by atoms with Crippen molar-refractivity contribution in [2.24, 2.45) is 0 Å². The molecule has 0 aliphatic carbocycles. The van der Waals surface area contributed by atoms with Gasteiger partial charge in [-0.05, 0) is 31.9 Å². The lowest BCUT2D eigenvalue weighted by Gasteiger charge is -2.19. The van der Waals surface area contributed by atoms with Gasteiger partial charge in [-0.1, -0.05) is 0 Å². The van der Waals surface area contributed by atoms with Crippen molar-refractivity contribution in [2.75, 3.05) is 18.0 Å². The van der Waals surface area contributed by atoms with E-state index >= 15 is 0 Å². The number of aromatic carboxylic acids is 1. The minimum atomic E-state index is -0.944. The maximum atomic E-state index is 11.0. The Kier molecular flexibility index (Phi) is 2.58. The molecule has 1 aliphatic rings. The molecular weight excluding hydrogens is 192 g/mol. The zero-order valence-corrected chi connectivity index (χ0v) is 8.73. The number of carboxylic acid groups (broad SMARTS) is 1. The molecule has 0 atom stereocenters. The quantitative estimate of drug-likeness (QED) is 0.800. The van der Waals surface area contributed by atoms with Crippen LogP contribution in [0.4, 0.5) is 5.69 Å². The molecule has 1 aromatic rings. The molecule has 4 heteroatoms. The van der Waals surface area contributed by atoms with E-state index in [1.807, 2.05) is 12.1 Å². The maximum Gasteiger partial charge on any atom is 0.356 e. The second-order valence-electron chi connectivity index (χ2n) is 3.82. The van der Waals surface area contributed by atoms with Crippen molar-refractivity contribution < 1.29 is 9.90 Å². The molecule has 15 heavy (non-hydrogen) atoms. The molecule has 1 aliphatic heterocycles. The van der Waals surface area contributed by atoms with E-state index in [-0.39, 0.29) is 5.69 Å². The van der Waals surface area contributed by atoms with E-state index in [0.717, 1.165) is 37.3 Å². The SMILES string of the molecule is Cc1ccc(N2CCCC2)c(C(=O)O)n1. The van der Waals surface area contributed by atoms with Gasteiger partial charge in [0.25, 0.3) is 0 Å². The van der Waals surface area contributed by atoms with Crippen LogP contribution in [0, 0.1) is 6.92 Å². The van der Waals surface area contributed by atoms with Gasteiger partial charge in [0.2, 0.25) is 0 Å². The summed E-state index contributed by atoms with van der Waals surface area (Å²) in [5, 5.41) is 9.06. The van der Waals surface area contributed by atoms with Crippen molar-refractivity contribution in [2.45, 2.75) is 19.8 Å². The Hall–Kier alpha value is -1.58. The number of aromatic nitrogens is 1. The molecule has 1 fully saturated rings. The van der Waals surface area contributed by atoms with Crippen molar-refractivity contribution in [3.63, 3.8) is 0 Å². The Balaban J connectivity index is 2.40. The number of anilines is 1. The van der Waals surface area contributed by atoms with E-state index in [4.69, 9.17) is 5.11 Å². The third-order valence-corrected chi connectivity index (χ3v) is 2.66. The van der Waals surface area contributed by atoms with Crippen molar-refractivity contribution in [3.05, 3.63) is 23.5 Å². The second-order valence-corrected chi connectivity index (χ2v) is 3.82. The molecule has 0 amide bonds. The zero-order valence-electron chi connectivity index (χ0n) is 8.73. The molecule has 0 bridgehead atoms. The number of hydrogen-bond acceptors (Lipinski definition) is 3. The minimum absolute atomic E-state index is 0.178. The molecule has 0 spiro atoms. The van der Waals surface area contributed by atoms with E-state index < -0.39 is 5.97 Å². The highest BCUT2D eigenvalue weighted by molar-refractivity contribution is 5.92. The number of rotatable bonds is 2. The van der Waals surface area contributed by atoms with Gasteiger partial charge < -0.3 is 10.0 Å². The smallest absolute Gasteiger partial charge is 0.356 e. The number of aryl methyl sites for hydroxylation is 1. The Morgan fingerprint density at radius 3 is 2.67 bits per heavy atom. The Morgan fingerprint density at radius 1 is 1.40 bits per heavy atom. The molecule has 1 saturated heterocycles.